The Hall–Kier alpha value is -2.84. The molecule has 210 valence electrons. The van der Waals surface area contributed by atoms with Crippen LogP contribution in [0.15, 0.2) is 81.7 Å². The molecule has 0 unspecified atom stereocenters. The second-order valence-corrected chi connectivity index (χ2v) is 12.8. The van der Waals surface area contributed by atoms with Gasteiger partial charge in [-0.1, -0.05) is 53.3 Å². The Morgan fingerprint density at radius 2 is 1.73 bits per heavy atom. The van der Waals surface area contributed by atoms with Gasteiger partial charge in [0.1, 0.15) is 18.2 Å². The summed E-state index contributed by atoms with van der Waals surface area (Å²) in [6, 6.07) is 17.3. The molecule has 1 atom stereocenters. The summed E-state index contributed by atoms with van der Waals surface area (Å²) < 4.78 is 28.5. The lowest BCUT2D eigenvalue weighted by Gasteiger charge is -2.24. The molecule has 1 aliphatic rings. The summed E-state index contributed by atoms with van der Waals surface area (Å²) in [6.07, 6.45) is 1.84. The third kappa shape index (κ3) is 6.33. The first-order valence-corrected chi connectivity index (χ1v) is 15.8. The molecule has 0 fully saturated rings. The number of fused-ring (bicyclic) bond motifs is 1. The van der Waals surface area contributed by atoms with Crippen LogP contribution < -0.4 is 19.6 Å². The van der Waals surface area contributed by atoms with E-state index in [1.807, 2.05) is 49.4 Å². The van der Waals surface area contributed by atoms with Crippen molar-refractivity contribution in [2.45, 2.75) is 33.4 Å². The minimum absolute atomic E-state index is 0.224. The second kappa shape index (κ2) is 12.6. The molecular formula is C31H25FI2N2O4S. The Labute approximate surface area is 267 Å². The van der Waals surface area contributed by atoms with E-state index in [-0.39, 0.29) is 18.0 Å². The third-order valence-electron chi connectivity index (χ3n) is 6.52. The van der Waals surface area contributed by atoms with Crippen LogP contribution in [0, 0.1) is 19.9 Å². The predicted molar refractivity (Wildman–Crippen MR) is 174 cm³/mol. The van der Waals surface area contributed by atoms with Crippen molar-refractivity contribution < 1.29 is 18.7 Å². The van der Waals surface area contributed by atoms with Crippen molar-refractivity contribution in [1.29, 1.82) is 0 Å². The van der Waals surface area contributed by atoms with Crippen LogP contribution in [0.5, 0.6) is 5.75 Å². The summed E-state index contributed by atoms with van der Waals surface area (Å²) in [5, 5.41) is 0. The van der Waals surface area contributed by atoms with E-state index in [1.54, 1.807) is 30.5 Å². The fourth-order valence-corrected chi connectivity index (χ4v) is 7.72. The van der Waals surface area contributed by atoms with Crippen molar-refractivity contribution in [2.75, 3.05) is 6.61 Å². The molecule has 0 saturated heterocycles. The standard InChI is InChI=1S/C31H25FI2N2O4S/c1-4-39-30(38)26-18(3)35-31-36(27(26)21-9-5-17(2)6-10-21)29(37)25(41-31)15-20-13-23(33)28(24(34)14-20)40-16-19-7-11-22(32)12-8-19/h5-15,27H,4,16H2,1-3H3/b25-15+/t27-/m1/s1. The van der Waals surface area contributed by atoms with Crippen LogP contribution >= 0.6 is 56.5 Å². The summed E-state index contributed by atoms with van der Waals surface area (Å²) >= 11 is 5.72. The molecular weight excluding hydrogens is 769 g/mol. The maximum absolute atomic E-state index is 13.9. The van der Waals surface area contributed by atoms with Crippen molar-refractivity contribution in [3.8, 4) is 5.75 Å². The number of hydrogen-bond donors (Lipinski definition) is 0. The first kappa shape index (κ1) is 29.6. The minimum atomic E-state index is -0.643. The van der Waals surface area contributed by atoms with Crippen molar-refractivity contribution in [3.05, 3.63) is 127 Å². The number of ether oxygens (including phenoxy) is 2. The highest BCUT2D eigenvalue weighted by atomic mass is 127. The van der Waals surface area contributed by atoms with Gasteiger partial charge in [0, 0.05) is 0 Å². The number of nitrogens with zero attached hydrogens (tertiary/aromatic N) is 2. The van der Waals surface area contributed by atoms with Gasteiger partial charge in [-0.3, -0.25) is 9.36 Å². The lowest BCUT2D eigenvalue weighted by molar-refractivity contribution is -0.139. The van der Waals surface area contributed by atoms with Crippen LogP contribution in [0.2, 0.25) is 0 Å². The number of carbonyl (C=O) groups is 1. The summed E-state index contributed by atoms with van der Waals surface area (Å²) in [6.45, 7) is 6.06. The molecule has 0 aliphatic carbocycles. The molecule has 1 aromatic heterocycles. The zero-order valence-electron chi connectivity index (χ0n) is 22.4. The van der Waals surface area contributed by atoms with Crippen molar-refractivity contribution in [2.24, 2.45) is 4.99 Å². The molecule has 0 bridgehead atoms. The molecule has 41 heavy (non-hydrogen) atoms. The number of esters is 1. The monoisotopic (exact) mass is 794 g/mol. The number of hydrogen-bond acceptors (Lipinski definition) is 6. The summed E-state index contributed by atoms with van der Waals surface area (Å²) in [5.74, 6) is -0.0397. The average molecular weight is 794 g/mol. The normalized spacial score (nSPS) is 15.0. The van der Waals surface area contributed by atoms with Gasteiger partial charge in [-0.25, -0.2) is 14.2 Å². The molecule has 0 saturated carbocycles. The number of thiazole rings is 1. The van der Waals surface area contributed by atoms with Gasteiger partial charge < -0.3 is 9.47 Å². The van der Waals surface area contributed by atoms with Crippen LogP contribution in [0.25, 0.3) is 6.08 Å². The summed E-state index contributed by atoms with van der Waals surface area (Å²) in [7, 11) is 0. The Morgan fingerprint density at radius 3 is 2.37 bits per heavy atom. The molecule has 1 aliphatic heterocycles. The topological polar surface area (TPSA) is 69.9 Å². The maximum atomic E-state index is 13.9. The van der Waals surface area contributed by atoms with Gasteiger partial charge in [0.25, 0.3) is 5.56 Å². The highest BCUT2D eigenvalue weighted by molar-refractivity contribution is 14.1. The fraction of sp³-hybridized carbons (Fsp3) is 0.194. The quantitative estimate of drug-likeness (QED) is 0.169. The molecule has 2 heterocycles. The van der Waals surface area contributed by atoms with Gasteiger partial charge in [-0.15, -0.1) is 0 Å². The van der Waals surface area contributed by atoms with Crippen LogP contribution in [0.1, 0.15) is 42.1 Å². The fourth-order valence-electron chi connectivity index (χ4n) is 4.54. The molecule has 4 aromatic rings. The first-order chi connectivity index (χ1) is 19.7. The Bertz CT molecular complexity index is 1820. The molecule has 10 heteroatoms. The lowest BCUT2D eigenvalue weighted by Crippen LogP contribution is -2.39. The number of aryl methyl sites for hydroxylation is 1. The highest BCUT2D eigenvalue weighted by Crippen LogP contribution is 2.32. The van der Waals surface area contributed by atoms with Crippen molar-refractivity contribution >= 4 is 68.6 Å². The van der Waals surface area contributed by atoms with Gasteiger partial charge in [-0.2, -0.15) is 0 Å². The van der Waals surface area contributed by atoms with Crippen LogP contribution in [0.4, 0.5) is 4.39 Å². The van der Waals surface area contributed by atoms with E-state index in [0.717, 1.165) is 35.1 Å². The maximum Gasteiger partial charge on any atom is 0.338 e. The number of halogens is 3. The largest absolute Gasteiger partial charge is 0.487 e. The van der Waals surface area contributed by atoms with Crippen molar-refractivity contribution in [3.63, 3.8) is 0 Å². The number of benzene rings is 3. The zero-order chi connectivity index (χ0) is 29.3. The van der Waals surface area contributed by atoms with Gasteiger partial charge in [0.15, 0.2) is 4.80 Å². The number of allylic oxidation sites excluding steroid dienone is 1. The lowest BCUT2D eigenvalue weighted by atomic mass is 9.95. The van der Waals surface area contributed by atoms with Gasteiger partial charge in [0.2, 0.25) is 0 Å². The van der Waals surface area contributed by atoms with E-state index in [1.165, 1.54) is 23.5 Å². The summed E-state index contributed by atoms with van der Waals surface area (Å²) in [5.41, 5.74) is 4.27. The molecule has 0 spiro atoms. The van der Waals surface area contributed by atoms with Crippen LogP contribution in [-0.2, 0) is 16.1 Å². The predicted octanol–water partition coefficient (Wildman–Crippen LogP) is 6.03. The highest BCUT2D eigenvalue weighted by Gasteiger charge is 2.33. The van der Waals surface area contributed by atoms with Crippen molar-refractivity contribution in [1.82, 2.24) is 4.57 Å². The number of carbonyl (C=O) groups excluding carboxylic acids is 1. The van der Waals surface area contributed by atoms with Gasteiger partial charge in [-0.05, 0) is 113 Å². The zero-order valence-corrected chi connectivity index (χ0v) is 27.5. The molecule has 5 rings (SSSR count). The van der Waals surface area contributed by atoms with E-state index >= 15 is 0 Å². The molecule has 3 aromatic carbocycles. The molecule has 0 amide bonds. The Balaban J connectivity index is 1.54. The second-order valence-electron chi connectivity index (χ2n) is 9.44. The molecule has 6 nitrogen and oxygen atoms in total. The number of rotatable bonds is 7. The van der Waals surface area contributed by atoms with Gasteiger partial charge in [0.05, 0.1) is 35.6 Å². The van der Waals surface area contributed by atoms with Crippen LogP contribution in [0.3, 0.4) is 0 Å². The first-order valence-electron chi connectivity index (χ1n) is 12.8. The van der Waals surface area contributed by atoms with Crippen LogP contribution in [-0.4, -0.2) is 17.1 Å². The molecule has 0 radical (unpaired) electrons. The molecule has 0 N–H and O–H groups in total. The van der Waals surface area contributed by atoms with E-state index < -0.39 is 12.0 Å². The Kier molecular flexibility index (Phi) is 9.09. The number of aromatic nitrogens is 1. The van der Waals surface area contributed by atoms with E-state index in [2.05, 4.69) is 50.2 Å². The third-order valence-corrected chi connectivity index (χ3v) is 9.11. The van der Waals surface area contributed by atoms with E-state index in [4.69, 9.17) is 9.47 Å². The SMILES string of the molecule is CCOC(=O)C1=C(C)N=c2s/c(=C/c3cc(I)c(OCc4ccc(F)cc4)c(I)c3)c(=O)n2[C@@H]1c1ccc(C)cc1. The Morgan fingerprint density at radius 1 is 1.07 bits per heavy atom. The average Bonchev–Trinajstić information content (AvgIpc) is 3.23. The minimum Gasteiger partial charge on any atom is -0.487 e. The van der Waals surface area contributed by atoms with Gasteiger partial charge >= 0.3 is 5.97 Å². The summed E-state index contributed by atoms with van der Waals surface area (Å²) in [4.78, 5) is 32.1. The van der Waals surface area contributed by atoms with E-state index in [0.29, 0.717) is 27.2 Å². The smallest absolute Gasteiger partial charge is 0.338 e. The van der Waals surface area contributed by atoms with E-state index in [9.17, 15) is 14.0 Å².